The average molecular weight is 284 g/mol. The van der Waals surface area contributed by atoms with Crippen LogP contribution in [-0.4, -0.2) is 15.1 Å². The molecular formula is C10H10BrN3O2. The summed E-state index contributed by atoms with van der Waals surface area (Å²) in [4.78, 5) is 8.17. The van der Waals surface area contributed by atoms with Crippen LogP contribution in [0.2, 0.25) is 0 Å². The Morgan fingerprint density at radius 2 is 2.31 bits per heavy atom. The monoisotopic (exact) mass is 283 g/mol. The van der Waals surface area contributed by atoms with Crippen molar-refractivity contribution in [2.75, 3.05) is 0 Å². The molecule has 16 heavy (non-hydrogen) atoms. The third-order valence-electron chi connectivity index (χ3n) is 1.89. The molecule has 0 atom stereocenters. The number of pyridine rings is 1. The van der Waals surface area contributed by atoms with Gasteiger partial charge in [0.15, 0.2) is 12.4 Å². The van der Waals surface area contributed by atoms with Gasteiger partial charge in [0.1, 0.15) is 10.4 Å². The Balaban J connectivity index is 1.94. The first-order valence-electron chi connectivity index (χ1n) is 4.83. The standard InChI is InChI=1S/C10H10BrN3O2/c1-2-9-13-10(16-14-9)6-15-7-3-4-8(11)12-5-7/h3-5H,2,6H2,1H3. The average Bonchev–Trinajstić information content (AvgIpc) is 2.76. The van der Waals surface area contributed by atoms with E-state index < -0.39 is 0 Å². The second kappa shape index (κ2) is 5.07. The molecule has 2 heterocycles. The molecule has 2 aromatic heterocycles. The quantitative estimate of drug-likeness (QED) is 0.806. The van der Waals surface area contributed by atoms with E-state index in [1.165, 1.54) is 0 Å². The van der Waals surface area contributed by atoms with E-state index in [0.29, 0.717) is 17.5 Å². The maximum atomic E-state index is 5.43. The SMILES string of the molecule is CCc1noc(COc2ccc(Br)nc2)n1. The number of aryl methyl sites for hydroxylation is 1. The van der Waals surface area contributed by atoms with Gasteiger partial charge in [0.25, 0.3) is 5.89 Å². The topological polar surface area (TPSA) is 61.0 Å². The van der Waals surface area contributed by atoms with E-state index in [2.05, 4.69) is 31.1 Å². The minimum absolute atomic E-state index is 0.260. The maximum absolute atomic E-state index is 5.43. The van der Waals surface area contributed by atoms with E-state index in [1.54, 1.807) is 12.3 Å². The first kappa shape index (κ1) is 11.1. The molecule has 0 radical (unpaired) electrons. The van der Waals surface area contributed by atoms with Gasteiger partial charge in [0.05, 0.1) is 6.20 Å². The zero-order chi connectivity index (χ0) is 11.4. The van der Waals surface area contributed by atoms with E-state index in [-0.39, 0.29) is 6.61 Å². The van der Waals surface area contributed by atoms with Crippen LogP contribution >= 0.6 is 15.9 Å². The summed E-state index contributed by atoms with van der Waals surface area (Å²) in [6.07, 6.45) is 2.38. The highest BCUT2D eigenvalue weighted by molar-refractivity contribution is 9.10. The van der Waals surface area contributed by atoms with E-state index >= 15 is 0 Å². The molecule has 0 aliphatic heterocycles. The highest BCUT2D eigenvalue weighted by Gasteiger charge is 2.05. The van der Waals surface area contributed by atoms with Gasteiger partial charge in [-0.05, 0) is 28.1 Å². The second-order valence-electron chi connectivity index (χ2n) is 3.06. The smallest absolute Gasteiger partial charge is 0.264 e. The van der Waals surface area contributed by atoms with Crippen LogP contribution in [0, 0.1) is 0 Å². The van der Waals surface area contributed by atoms with E-state index in [0.717, 1.165) is 11.0 Å². The minimum Gasteiger partial charge on any atom is -0.482 e. The zero-order valence-electron chi connectivity index (χ0n) is 8.68. The van der Waals surface area contributed by atoms with Gasteiger partial charge >= 0.3 is 0 Å². The number of nitrogens with zero attached hydrogens (tertiary/aromatic N) is 3. The molecule has 0 fully saturated rings. The van der Waals surface area contributed by atoms with Gasteiger partial charge in [0.2, 0.25) is 0 Å². The van der Waals surface area contributed by atoms with Crippen LogP contribution in [0.1, 0.15) is 18.6 Å². The molecule has 0 unspecified atom stereocenters. The van der Waals surface area contributed by atoms with Crippen molar-refractivity contribution in [2.45, 2.75) is 20.0 Å². The third kappa shape index (κ3) is 2.79. The third-order valence-corrected chi connectivity index (χ3v) is 2.36. The number of aromatic nitrogens is 3. The van der Waals surface area contributed by atoms with Crippen molar-refractivity contribution in [3.63, 3.8) is 0 Å². The number of hydrogen-bond donors (Lipinski definition) is 0. The van der Waals surface area contributed by atoms with Crippen LogP contribution in [0.3, 0.4) is 0 Å². The van der Waals surface area contributed by atoms with E-state index in [4.69, 9.17) is 9.26 Å². The molecule has 84 valence electrons. The Morgan fingerprint density at radius 1 is 1.44 bits per heavy atom. The summed E-state index contributed by atoms with van der Waals surface area (Å²) >= 11 is 3.25. The van der Waals surface area contributed by atoms with E-state index in [9.17, 15) is 0 Å². The molecule has 0 bridgehead atoms. The van der Waals surface area contributed by atoms with Crippen LogP contribution < -0.4 is 4.74 Å². The lowest BCUT2D eigenvalue weighted by atomic mass is 10.4. The van der Waals surface area contributed by atoms with Crippen LogP contribution in [0.4, 0.5) is 0 Å². The highest BCUT2D eigenvalue weighted by atomic mass is 79.9. The molecule has 0 saturated heterocycles. The van der Waals surface area contributed by atoms with Crippen molar-refractivity contribution in [1.29, 1.82) is 0 Å². The van der Waals surface area contributed by atoms with Gasteiger partial charge in [-0.25, -0.2) is 4.98 Å². The van der Waals surface area contributed by atoms with Crippen molar-refractivity contribution in [1.82, 2.24) is 15.1 Å². The molecule has 0 aromatic carbocycles. The molecule has 0 spiro atoms. The fourth-order valence-corrected chi connectivity index (χ4v) is 1.32. The van der Waals surface area contributed by atoms with Crippen molar-refractivity contribution in [2.24, 2.45) is 0 Å². The first-order valence-corrected chi connectivity index (χ1v) is 5.63. The van der Waals surface area contributed by atoms with Crippen molar-refractivity contribution in [3.05, 3.63) is 34.6 Å². The van der Waals surface area contributed by atoms with Crippen LogP contribution in [-0.2, 0) is 13.0 Å². The molecule has 0 aliphatic rings. The van der Waals surface area contributed by atoms with E-state index in [1.807, 2.05) is 13.0 Å². The van der Waals surface area contributed by atoms with Gasteiger partial charge in [-0.1, -0.05) is 12.1 Å². The summed E-state index contributed by atoms with van der Waals surface area (Å²) in [6, 6.07) is 3.62. The molecule has 0 N–H and O–H groups in total. The number of halogens is 1. The second-order valence-corrected chi connectivity index (χ2v) is 3.88. The van der Waals surface area contributed by atoms with Crippen LogP contribution in [0.5, 0.6) is 5.75 Å². The van der Waals surface area contributed by atoms with Gasteiger partial charge in [-0.3, -0.25) is 0 Å². The summed E-state index contributed by atoms with van der Waals surface area (Å²) in [5, 5.41) is 3.77. The predicted octanol–water partition coefficient (Wildman–Crippen LogP) is 2.37. The van der Waals surface area contributed by atoms with Crippen molar-refractivity contribution in [3.8, 4) is 5.75 Å². The van der Waals surface area contributed by atoms with Crippen LogP contribution in [0.15, 0.2) is 27.5 Å². The Hall–Kier alpha value is -1.43. The summed E-state index contributed by atoms with van der Waals surface area (Å²) in [7, 11) is 0. The molecule has 5 nitrogen and oxygen atoms in total. The molecule has 0 aliphatic carbocycles. The molecular weight excluding hydrogens is 274 g/mol. The molecule has 2 rings (SSSR count). The van der Waals surface area contributed by atoms with Crippen LogP contribution in [0.25, 0.3) is 0 Å². The Labute approximate surface area is 101 Å². The lowest BCUT2D eigenvalue weighted by molar-refractivity contribution is 0.241. The fourth-order valence-electron chi connectivity index (χ4n) is 1.09. The Bertz CT molecular complexity index is 455. The molecule has 0 amide bonds. The van der Waals surface area contributed by atoms with Gasteiger partial charge < -0.3 is 9.26 Å². The molecule has 2 aromatic rings. The Kier molecular flexibility index (Phi) is 3.51. The minimum atomic E-state index is 0.260. The van der Waals surface area contributed by atoms with Gasteiger partial charge in [0, 0.05) is 6.42 Å². The van der Waals surface area contributed by atoms with Crippen molar-refractivity contribution >= 4 is 15.9 Å². The summed E-state index contributed by atoms with van der Waals surface area (Å²) < 4.78 is 11.2. The predicted molar refractivity (Wildman–Crippen MR) is 59.9 cm³/mol. The van der Waals surface area contributed by atoms with Gasteiger partial charge in [-0.2, -0.15) is 4.98 Å². The molecule has 0 saturated carbocycles. The molecule has 6 heteroatoms. The largest absolute Gasteiger partial charge is 0.482 e. The van der Waals surface area contributed by atoms with Gasteiger partial charge in [-0.15, -0.1) is 0 Å². The zero-order valence-corrected chi connectivity index (χ0v) is 10.3. The summed E-state index contributed by atoms with van der Waals surface area (Å²) in [6.45, 7) is 2.23. The fraction of sp³-hybridized carbons (Fsp3) is 0.300. The maximum Gasteiger partial charge on any atom is 0.264 e. The number of rotatable bonds is 4. The summed E-state index contributed by atoms with van der Waals surface area (Å²) in [5.74, 6) is 1.83. The lowest BCUT2D eigenvalue weighted by Gasteiger charge is -2.01. The highest BCUT2D eigenvalue weighted by Crippen LogP contribution is 2.13. The summed E-state index contributed by atoms with van der Waals surface area (Å²) in [5.41, 5.74) is 0. The normalized spacial score (nSPS) is 10.4. The number of hydrogen-bond acceptors (Lipinski definition) is 5. The van der Waals surface area contributed by atoms with Crippen molar-refractivity contribution < 1.29 is 9.26 Å². The first-order chi connectivity index (χ1) is 7.78. The Morgan fingerprint density at radius 3 is 2.94 bits per heavy atom. The number of ether oxygens (including phenoxy) is 1. The lowest BCUT2D eigenvalue weighted by Crippen LogP contribution is -1.96.